The Kier molecular flexibility index (Phi) is 10.6. The Hall–Kier alpha value is -2.62. The smallest absolute Gasteiger partial charge is 0.269 e. The molecular weight excluding hydrogens is 362 g/mol. The fourth-order valence-electron chi connectivity index (χ4n) is 3.24. The third-order valence-corrected chi connectivity index (χ3v) is 4.98. The summed E-state index contributed by atoms with van der Waals surface area (Å²) in [5.41, 5.74) is 2.04. The van der Waals surface area contributed by atoms with Gasteiger partial charge < -0.3 is 4.74 Å². The van der Waals surface area contributed by atoms with Crippen LogP contribution in [0.15, 0.2) is 48.5 Å². The summed E-state index contributed by atoms with van der Waals surface area (Å²) in [5, 5.41) is 10.7. The van der Waals surface area contributed by atoms with E-state index in [1.165, 1.54) is 63.5 Å². The Labute approximate surface area is 174 Å². The fourth-order valence-corrected chi connectivity index (χ4v) is 3.24. The minimum Gasteiger partial charge on any atom is -0.493 e. The van der Waals surface area contributed by atoms with Crippen LogP contribution in [0, 0.1) is 10.1 Å². The van der Waals surface area contributed by atoms with Crippen molar-refractivity contribution < 1.29 is 9.66 Å². The highest BCUT2D eigenvalue weighted by Crippen LogP contribution is 2.22. The largest absolute Gasteiger partial charge is 0.493 e. The van der Waals surface area contributed by atoms with Crippen LogP contribution in [-0.4, -0.2) is 11.5 Å². The van der Waals surface area contributed by atoms with Gasteiger partial charge >= 0.3 is 0 Å². The lowest BCUT2D eigenvalue weighted by Gasteiger charge is -2.09. The molecule has 0 radical (unpaired) electrons. The quantitative estimate of drug-likeness (QED) is 0.143. The summed E-state index contributed by atoms with van der Waals surface area (Å²) in [6.45, 7) is 2.99. The number of nitro benzene ring substituents is 1. The van der Waals surface area contributed by atoms with Gasteiger partial charge in [-0.3, -0.25) is 10.1 Å². The zero-order valence-electron chi connectivity index (χ0n) is 17.5. The van der Waals surface area contributed by atoms with E-state index in [2.05, 4.69) is 6.92 Å². The summed E-state index contributed by atoms with van der Waals surface area (Å²) in [6.07, 6.45) is 15.6. The van der Waals surface area contributed by atoms with Crippen molar-refractivity contribution in [2.24, 2.45) is 0 Å². The Morgan fingerprint density at radius 3 is 2.10 bits per heavy atom. The van der Waals surface area contributed by atoms with Gasteiger partial charge in [0.05, 0.1) is 11.5 Å². The van der Waals surface area contributed by atoms with Gasteiger partial charge in [-0.25, -0.2) is 0 Å². The van der Waals surface area contributed by atoms with Gasteiger partial charge in [-0.15, -0.1) is 0 Å². The van der Waals surface area contributed by atoms with Crippen LogP contribution in [0.5, 0.6) is 5.75 Å². The van der Waals surface area contributed by atoms with Crippen molar-refractivity contribution in [3.05, 3.63) is 69.8 Å². The first-order valence-corrected chi connectivity index (χ1v) is 10.8. The first-order chi connectivity index (χ1) is 14.2. The molecule has 0 atom stereocenters. The summed E-state index contributed by atoms with van der Waals surface area (Å²) >= 11 is 0. The molecule has 0 N–H and O–H groups in total. The van der Waals surface area contributed by atoms with E-state index in [0.29, 0.717) is 0 Å². The van der Waals surface area contributed by atoms with Crippen LogP contribution in [0.2, 0.25) is 0 Å². The summed E-state index contributed by atoms with van der Waals surface area (Å²) in [5.74, 6) is 0.880. The highest BCUT2D eigenvalue weighted by atomic mass is 16.6. The zero-order chi connectivity index (χ0) is 20.7. The molecule has 0 aliphatic heterocycles. The number of unbranched alkanes of at least 4 members (excludes halogenated alkanes) is 8. The first kappa shape index (κ1) is 22.7. The first-order valence-electron chi connectivity index (χ1n) is 10.8. The number of para-hydroxylation sites is 1. The predicted molar refractivity (Wildman–Crippen MR) is 121 cm³/mol. The number of nitro groups is 1. The molecule has 0 aliphatic carbocycles. The van der Waals surface area contributed by atoms with Gasteiger partial charge in [-0.1, -0.05) is 88.6 Å². The van der Waals surface area contributed by atoms with E-state index in [1.807, 2.05) is 36.4 Å². The van der Waals surface area contributed by atoms with Crippen LogP contribution < -0.4 is 4.74 Å². The lowest BCUT2D eigenvalue weighted by atomic mass is 10.1. The molecule has 156 valence electrons. The maximum Gasteiger partial charge on any atom is 0.269 e. The van der Waals surface area contributed by atoms with Crippen molar-refractivity contribution in [2.75, 3.05) is 6.61 Å². The molecule has 0 aromatic heterocycles. The van der Waals surface area contributed by atoms with E-state index in [9.17, 15) is 10.1 Å². The standard InChI is InChI=1S/C25H33NO3/c1-2-3-4-5-6-7-8-9-12-21-29-25-14-11-10-13-23(25)18-15-22-16-19-24(20-17-22)26(27)28/h10-11,13-20H,2-9,12,21H2,1H3. The lowest BCUT2D eigenvalue weighted by Crippen LogP contribution is -1.98. The highest BCUT2D eigenvalue weighted by molar-refractivity contribution is 5.72. The van der Waals surface area contributed by atoms with E-state index < -0.39 is 0 Å². The third kappa shape index (κ3) is 8.95. The van der Waals surface area contributed by atoms with Crippen molar-refractivity contribution in [3.63, 3.8) is 0 Å². The molecule has 0 bridgehead atoms. The average molecular weight is 396 g/mol. The molecule has 4 nitrogen and oxygen atoms in total. The van der Waals surface area contributed by atoms with E-state index >= 15 is 0 Å². The molecule has 0 saturated heterocycles. The van der Waals surface area contributed by atoms with Crippen LogP contribution in [0.25, 0.3) is 12.2 Å². The SMILES string of the molecule is CCCCCCCCCCCOc1ccccc1C=Cc1ccc([N+](=O)[O-])cc1. The second-order valence-electron chi connectivity index (χ2n) is 7.40. The maximum atomic E-state index is 10.7. The Morgan fingerprint density at radius 2 is 1.45 bits per heavy atom. The van der Waals surface area contributed by atoms with E-state index in [1.54, 1.807) is 12.1 Å². The van der Waals surface area contributed by atoms with Crippen molar-refractivity contribution in [3.8, 4) is 5.75 Å². The van der Waals surface area contributed by atoms with Gasteiger partial charge in [-0.05, 0) is 30.2 Å². The summed E-state index contributed by atoms with van der Waals surface area (Å²) in [6, 6.07) is 14.5. The Bertz CT molecular complexity index is 753. The zero-order valence-corrected chi connectivity index (χ0v) is 17.5. The van der Waals surface area contributed by atoms with Crippen LogP contribution in [0.4, 0.5) is 5.69 Å². The second-order valence-corrected chi connectivity index (χ2v) is 7.40. The van der Waals surface area contributed by atoms with E-state index in [0.717, 1.165) is 29.9 Å². The average Bonchev–Trinajstić information content (AvgIpc) is 2.74. The van der Waals surface area contributed by atoms with Crippen LogP contribution in [-0.2, 0) is 0 Å². The lowest BCUT2D eigenvalue weighted by molar-refractivity contribution is -0.384. The summed E-state index contributed by atoms with van der Waals surface area (Å²) < 4.78 is 6.00. The monoisotopic (exact) mass is 395 g/mol. The number of hydrogen-bond acceptors (Lipinski definition) is 3. The fraction of sp³-hybridized carbons (Fsp3) is 0.440. The molecule has 0 fully saturated rings. The van der Waals surface area contributed by atoms with Crippen LogP contribution in [0.1, 0.15) is 75.8 Å². The highest BCUT2D eigenvalue weighted by Gasteiger charge is 2.03. The number of nitrogens with zero attached hydrogens (tertiary/aromatic N) is 1. The molecule has 2 rings (SSSR count). The number of benzene rings is 2. The number of ether oxygens (including phenoxy) is 1. The van der Waals surface area contributed by atoms with Crippen LogP contribution >= 0.6 is 0 Å². The molecule has 2 aromatic rings. The van der Waals surface area contributed by atoms with Gasteiger partial charge in [0.1, 0.15) is 5.75 Å². The van der Waals surface area contributed by atoms with Crippen molar-refractivity contribution in [1.82, 2.24) is 0 Å². The van der Waals surface area contributed by atoms with E-state index in [4.69, 9.17) is 4.74 Å². The van der Waals surface area contributed by atoms with Crippen molar-refractivity contribution in [2.45, 2.75) is 64.7 Å². The molecule has 4 heteroatoms. The molecule has 0 aliphatic rings. The van der Waals surface area contributed by atoms with E-state index in [-0.39, 0.29) is 10.6 Å². The van der Waals surface area contributed by atoms with Crippen molar-refractivity contribution in [1.29, 1.82) is 0 Å². The molecular formula is C25H33NO3. The van der Waals surface area contributed by atoms with Gasteiger partial charge in [-0.2, -0.15) is 0 Å². The third-order valence-electron chi connectivity index (χ3n) is 4.98. The van der Waals surface area contributed by atoms with Gasteiger partial charge in [0.25, 0.3) is 5.69 Å². The second kappa shape index (κ2) is 13.5. The molecule has 0 spiro atoms. The maximum absolute atomic E-state index is 10.7. The number of hydrogen-bond donors (Lipinski definition) is 0. The summed E-state index contributed by atoms with van der Waals surface area (Å²) in [4.78, 5) is 10.4. The minimum absolute atomic E-state index is 0.104. The van der Waals surface area contributed by atoms with Gasteiger partial charge in [0.2, 0.25) is 0 Å². The molecule has 0 heterocycles. The number of non-ortho nitro benzene ring substituents is 1. The molecule has 0 amide bonds. The van der Waals surface area contributed by atoms with Gasteiger partial charge in [0.15, 0.2) is 0 Å². The van der Waals surface area contributed by atoms with Crippen LogP contribution in [0.3, 0.4) is 0 Å². The Balaban J connectivity index is 1.73. The Morgan fingerprint density at radius 1 is 0.828 bits per heavy atom. The molecule has 0 unspecified atom stereocenters. The normalized spacial score (nSPS) is 11.1. The molecule has 0 saturated carbocycles. The molecule has 2 aromatic carbocycles. The number of rotatable bonds is 14. The topological polar surface area (TPSA) is 52.4 Å². The molecule has 29 heavy (non-hydrogen) atoms. The minimum atomic E-state index is -0.386. The van der Waals surface area contributed by atoms with Crippen molar-refractivity contribution >= 4 is 17.8 Å². The summed E-state index contributed by atoms with van der Waals surface area (Å²) in [7, 11) is 0. The van der Waals surface area contributed by atoms with Gasteiger partial charge in [0, 0.05) is 17.7 Å². The predicted octanol–water partition coefficient (Wildman–Crippen LogP) is 7.67.